The van der Waals surface area contributed by atoms with Gasteiger partial charge >= 0.3 is 0 Å². The van der Waals surface area contributed by atoms with Crippen molar-refractivity contribution in [2.75, 3.05) is 13.6 Å². The Bertz CT molecular complexity index is 527. The lowest BCUT2D eigenvalue weighted by Gasteiger charge is -2.04. The summed E-state index contributed by atoms with van der Waals surface area (Å²) < 4.78 is 15.7. The van der Waals surface area contributed by atoms with E-state index in [9.17, 15) is 4.39 Å². The van der Waals surface area contributed by atoms with Crippen molar-refractivity contribution in [3.05, 3.63) is 34.1 Å². The van der Waals surface area contributed by atoms with E-state index in [1.807, 2.05) is 13.1 Å². The summed E-state index contributed by atoms with van der Waals surface area (Å²) in [6, 6.07) is 4.84. The van der Waals surface area contributed by atoms with Crippen LogP contribution in [0.2, 0.25) is 0 Å². The second-order valence-corrected chi connectivity index (χ2v) is 5.71. The zero-order valence-electron chi connectivity index (χ0n) is 10.3. The zero-order valence-corrected chi connectivity index (χ0v) is 12.7. The predicted molar refractivity (Wildman–Crippen MR) is 75.4 cm³/mol. The van der Waals surface area contributed by atoms with Crippen LogP contribution in [0.25, 0.3) is 0 Å². The summed E-state index contributed by atoms with van der Waals surface area (Å²) in [6.07, 6.45) is 0. The fourth-order valence-electron chi connectivity index (χ4n) is 1.50. The highest BCUT2D eigenvalue weighted by Gasteiger charge is 2.07. The Morgan fingerprint density at radius 1 is 1.42 bits per heavy atom. The number of nitrogens with one attached hydrogen (secondary N) is 1. The number of hydrogen-bond acceptors (Lipinski definition) is 5. The summed E-state index contributed by atoms with van der Waals surface area (Å²) in [5, 5.41) is 15.3. The Hall–Kier alpha value is -0.990. The topological polar surface area (TPSA) is 55.6 Å². The molecule has 1 aromatic carbocycles. The Balaban J connectivity index is 2.00. The molecule has 0 aliphatic rings. The van der Waals surface area contributed by atoms with E-state index in [4.69, 9.17) is 0 Å². The van der Waals surface area contributed by atoms with Crippen LogP contribution in [0.5, 0.6) is 0 Å². The Morgan fingerprint density at radius 2 is 2.26 bits per heavy atom. The van der Waals surface area contributed by atoms with Crippen LogP contribution in [-0.4, -0.2) is 33.8 Å². The molecule has 0 spiro atoms. The van der Waals surface area contributed by atoms with Crippen LogP contribution in [0.15, 0.2) is 27.8 Å². The molecule has 0 atom stereocenters. The van der Waals surface area contributed by atoms with Crippen LogP contribution >= 0.6 is 27.7 Å². The molecule has 8 heteroatoms. The van der Waals surface area contributed by atoms with Crippen molar-refractivity contribution in [2.45, 2.75) is 17.5 Å². The lowest BCUT2D eigenvalue weighted by Crippen LogP contribution is -2.16. The minimum Gasteiger partial charge on any atom is -0.318 e. The van der Waals surface area contributed by atoms with Gasteiger partial charge in [0.15, 0.2) is 0 Å². The first kappa shape index (κ1) is 14.4. The first-order chi connectivity index (χ1) is 9.19. The number of aromatic nitrogens is 4. The highest BCUT2D eigenvalue weighted by molar-refractivity contribution is 9.10. The van der Waals surface area contributed by atoms with E-state index in [-0.39, 0.29) is 5.82 Å². The van der Waals surface area contributed by atoms with Gasteiger partial charge in [-0.15, -0.1) is 5.10 Å². The van der Waals surface area contributed by atoms with E-state index >= 15 is 0 Å². The maximum absolute atomic E-state index is 13.2. The number of thioether (sulfide) groups is 1. The molecule has 0 aliphatic heterocycles. The normalized spacial score (nSPS) is 10.9. The summed E-state index contributed by atoms with van der Waals surface area (Å²) >= 11 is 4.76. The van der Waals surface area contributed by atoms with Gasteiger partial charge in [0.2, 0.25) is 5.16 Å². The number of halogens is 2. The number of hydrogen-bond donors (Lipinski definition) is 1. The van der Waals surface area contributed by atoms with Crippen LogP contribution in [0.3, 0.4) is 0 Å². The van der Waals surface area contributed by atoms with Gasteiger partial charge in [-0.05, 0) is 41.2 Å². The molecule has 0 radical (unpaired) electrons. The summed E-state index contributed by atoms with van der Waals surface area (Å²) in [5.74, 6) is 0.371. The molecule has 0 fully saturated rings. The lowest BCUT2D eigenvalue weighted by atomic mass is 10.2. The van der Waals surface area contributed by atoms with Crippen molar-refractivity contribution in [1.82, 2.24) is 25.5 Å². The monoisotopic (exact) mass is 345 g/mol. The molecule has 0 saturated carbocycles. The minimum atomic E-state index is -0.250. The molecule has 1 aromatic heterocycles. The molecule has 1 heterocycles. The quantitative estimate of drug-likeness (QED) is 0.812. The standard InChI is InChI=1S/C11H13BrFN5S/c1-14-2-3-18-11(15-16-17-18)19-7-8-4-9(12)6-10(13)5-8/h4-6,14H,2-3,7H2,1H3. The highest BCUT2D eigenvalue weighted by Crippen LogP contribution is 2.23. The van der Waals surface area contributed by atoms with E-state index in [0.29, 0.717) is 12.3 Å². The first-order valence-electron chi connectivity index (χ1n) is 5.67. The third-order valence-corrected chi connectivity index (χ3v) is 3.85. The van der Waals surface area contributed by atoms with Gasteiger partial charge in [-0.3, -0.25) is 0 Å². The van der Waals surface area contributed by atoms with Crippen LogP contribution in [0, 0.1) is 5.82 Å². The van der Waals surface area contributed by atoms with Crippen molar-refractivity contribution >= 4 is 27.7 Å². The average Bonchev–Trinajstić information content (AvgIpc) is 2.80. The van der Waals surface area contributed by atoms with Crippen molar-refractivity contribution < 1.29 is 4.39 Å². The molecule has 1 N–H and O–H groups in total. The highest BCUT2D eigenvalue weighted by atomic mass is 79.9. The Kier molecular flexibility index (Phi) is 5.29. The Morgan fingerprint density at radius 3 is 3.00 bits per heavy atom. The minimum absolute atomic E-state index is 0.250. The second-order valence-electron chi connectivity index (χ2n) is 3.85. The van der Waals surface area contributed by atoms with E-state index in [2.05, 4.69) is 36.8 Å². The SMILES string of the molecule is CNCCn1nnnc1SCc1cc(F)cc(Br)c1. The second kappa shape index (κ2) is 6.97. The molecule has 2 aromatic rings. The predicted octanol–water partition coefficient (Wildman–Crippen LogP) is 2.09. The number of benzene rings is 1. The van der Waals surface area contributed by atoms with Crippen molar-refractivity contribution in [2.24, 2.45) is 0 Å². The third-order valence-electron chi connectivity index (χ3n) is 2.36. The van der Waals surface area contributed by atoms with Crippen molar-refractivity contribution in [3.63, 3.8) is 0 Å². The smallest absolute Gasteiger partial charge is 0.209 e. The molecule has 0 bridgehead atoms. The van der Waals surface area contributed by atoms with Crippen LogP contribution < -0.4 is 5.32 Å². The van der Waals surface area contributed by atoms with Gasteiger partial charge in [0.1, 0.15) is 5.82 Å². The molecule has 0 aliphatic carbocycles. The average molecular weight is 346 g/mol. The number of rotatable bonds is 6. The molecule has 19 heavy (non-hydrogen) atoms. The van der Waals surface area contributed by atoms with Crippen molar-refractivity contribution in [1.29, 1.82) is 0 Å². The van der Waals surface area contributed by atoms with Crippen LogP contribution in [-0.2, 0) is 12.3 Å². The maximum atomic E-state index is 13.2. The van der Waals surface area contributed by atoms with E-state index in [0.717, 1.165) is 21.7 Å². The van der Waals surface area contributed by atoms with Gasteiger partial charge in [0, 0.05) is 16.8 Å². The summed E-state index contributed by atoms with van der Waals surface area (Å²) in [6.45, 7) is 1.50. The fourth-order valence-corrected chi connectivity index (χ4v) is 2.85. The van der Waals surface area contributed by atoms with Gasteiger partial charge in [-0.25, -0.2) is 9.07 Å². The zero-order chi connectivity index (χ0) is 13.7. The molecule has 0 unspecified atom stereocenters. The summed E-state index contributed by atoms with van der Waals surface area (Å²) in [5.41, 5.74) is 0.889. The molecule has 0 amide bonds. The van der Waals surface area contributed by atoms with Crippen LogP contribution in [0.4, 0.5) is 4.39 Å². The number of nitrogens with zero attached hydrogens (tertiary/aromatic N) is 4. The molecular weight excluding hydrogens is 333 g/mol. The first-order valence-corrected chi connectivity index (χ1v) is 7.45. The molecule has 2 rings (SSSR count). The summed E-state index contributed by atoms with van der Waals surface area (Å²) in [7, 11) is 1.88. The largest absolute Gasteiger partial charge is 0.318 e. The van der Waals surface area contributed by atoms with Gasteiger partial charge in [-0.1, -0.05) is 27.7 Å². The molecular formula is C11H13BrFN5S. The number of tetrazole rings is 1. The van der Waals surface area contributed by atoms with Gasteiger partial charge in [-0.2, -0.15) is 0 Å². The van der Waals surface area contributed by atoms with Gasteiger partial charge in [0.05, 0.1) is 6.54 Å². The molecule has 5 nitrogen and oxygen atoms in total. The van der Waals surface area contributed by atoms with Gasteiger partial charge < -0.3 is 5.32 Å². The van der Waals surface area contributed by atoms with Gasteiger partial charge in [0.25, 0.3) is 0 Å². The summed E-state index contributed by atoms with van der Waals surface area (Å²) in [4.78, 5) is 0. The number of likely N-dealkylation sites (N-methyl/N-ethyl adjacent to an activating group) is 1. The molecule has 102 valence electrons. The lowest BCUT2D eigenvalue weighted by molar-refractivity contribution is 0.530. The Labute approximate surface area is 123 Å². The van der Waals surface area contributed by atoms with Crippen molar-refractivity contribution in [3.8, 4) is 0 Å². The van der Waals surface area contributed by atoms with E-state index in [1.165, 1.54) is 23.9 Å². The van der Waals surface area contributed by atoms with E-state index in [1.54, 1.807) is 4.68 Å². The van der Waals surface area contributed by atoms with E-state index < -0.39 is 0 Å². The maximum Gasteiger partial charge on any atom is 0.209 e. The van der Waals surface area contributed by atoms with Crippen LogP contribution in [0.1, 0.15) is 5.56 Å². The fraction of sp³-hybridized carbons (Fsp3) is 0.364. The third kappa shape index (κ3) is 4.26. The molecule has 0 saturated heterocycles.